The zero-order valence-electron chi connectivity index (χ0n) is 13.0. The summed E-state index contributed by atoms with van der Waals surface area (Å²) >= 11 is 0. The molecule has 1 amide bonds. The summed E-state index contributed by atoms with van der Waals surface area (Å²) in [6, 6.07) is 10.2. The molecule has 0 aliphatic heterocycles. The molecule has 2 saturated carbocycles. The molecule has 2 aliphatic rings. The molecule has 0 unspecified atom stereocenters. The molecule has 4 nitrogen and oxygen atoms in total. The SMILES string of the molecule is O=C(NC1(OCCc2ccccc2)CC1)C1(O)CCCCC1. The van der Waals surface area contributed by atoms with Gasteiger partial charge in [-0.05, 0) is 37.7 Å². The topological polar surface area (TPSA) is 58.6 Å². The number of aliphatic hydroxyl groups is 1. The molecule has 0 aromatic heterocycles. The highest BCUT2D eigenvalue weighted by molar-refractivity contribution is 5.85. The van der Waals surface area contributed by atoms with E-state index >= 15 is 0 Å². The average Bonchev–Trinajstić information content (AvgIpc) is 3.29. The van der Waals surface area contributed by atoms with Gasteiger partial charge < -0.3 is 15.2 Å². The Morgan fingerprint density at radius 1 is 1.09 bits per heavy atom. The maximum Gasteiger partial charge on any atom is 0.254 e. The molecule has 1 aromatic rings. The Balaban J connectivity index is 1.48. The molecule has 4 heteroatoms. The highest BCUT2D eigenvalue weighted by Crippen LogP contribution is 2.38. The van der Waals surface area contributed by atoms with E-state index in [0.717, 1.165) is 38.5 Å². The Hall–Kier alpha value is -1.39. The van der Waals surface area contributed by atoms with E-state index in [1.807, 2.05) is 18.2 Å². The number of carbonyl (C=O) groups excluding carboxylic acids is 1. The van der Waals surface area contributed by atoms with Gasteiger partial charge in [0.2, 0.25) is 0 Å². The molecule has 2 N–H and O–H groups in total. The number of nitrogens with one attached hydrogen (secondary N) is 1. The molecule has 1 aromatic carbocycles. The third kappa shape index (κ3) is 3.68. The highest BCUT2D eigenvalue weighted by atomic mass is 16.5. The van der Waals surface area contributed by atoms with Gasteiger partial charge in [-0.2, -0.15) is 0 Å². The fraction of sp³-hybridized carbons (Fsp3) is 0.611. The Morgan fingerprint density at radius 2 is 1.77 bits per heavy atom. The Labute approximate surface area is 131 Å². The summed E-state index contributed by atoms with van der Waals surface area (Å²) in [5, 5.41) is 13.4. The predicted molar refractivity (Wildman–Crippen MR) is 84.2 cm³/mol. The second-order valence-corrected chi connectivity index (χ2v) is 6.62. The standard InChI is InChI=1S/C18H25NO3/c20-16(17(21)10-5-2-6-11-17)19-18(12-13-18)22-14-9-15-7-3-1-4-8-15/h1,3-4,7-8,21H,2,5-6,9-14H2,(H,19,20). The fourth-order valence-electron chi connectivity index (χ4n) is 3.11. The van der Waals surface area contributed by atoms with Crippen LogP contribution in [0, 0.1) is 0 Å². The number of carbonyl (C=O) groups is 1. The molecule has 120 valence electrons. The van der Waals surface area contributed by atoms with Gasteiger partial charge >= 0.3 is 0 Å². The Kier molecular flexibility index (Phi) is 4.50. The third-order valence-corrected chi connectivity index (χ3v) is 4.76. The van der Waals surface area contributed by atoms with Crippen LogP contribution in [-0.2, 0) is 16.0 Å². The van der Waals surface area contributed by atoms with Crippen molar-refractivity contribution in [1.82, 2.24) is 5.32 Å². The summed E-state index contributed by atoms with van der Waals surface area (Å²) in [5.74, 6) is -0.246. The second kappa shape index (κ2) is 6.39. The van der Waals surface area contributed by atoms with Crippen LogP contribution >= 0.6 is 0 Å². The van der Waals surface area contributed by atoms with Gasteiger partial charge in [-0.25, -0.2) is 0 Å². The summed E-state index contributed by atoms with van der Waals surface area (Å²) in [6.45, 7) is 0.586. The van der Waals surface area contributed by atoms with Gasteiger partial charge in [-0.3, -0.25) is 4.79 Å². The molecule has 0 atom stereocenters. The lowest BCUT2D eigenvalue weighted by atomic mass is 9.84. The van der Waals surface area contributed by atoms with Crippen molar-refractivity contribution >= 4 is 5.91 Å². The van der Waals surface area contributed by atoms with Gasteiger partial charge in [0, 0.05) is 0 Å². The van der Waals surface area contributed by atoms with Crippen molar-refractivity contribution in [3.8, 4) is 0 Å². The monoisotopic (exact) mass is 303 g/mol. The number of rotatable bonds is 6. The average molecular weight is 303 g/mol. The molecule has 0 radical (unpaired) electrons. The van der Waals surface area contributed by atoms with E-state index in [-0.39, 0.29) is 5.91 Å². The van der Waals surface area contributed by atoms with Crippen LogP contribution in [0.5, 0.6) is 0 Å². The molecule has 0 bridgehead atoms. The number of hydrogen-bond acceptors (Lipinski definition) is 3. The first kappa shape index (κ1) is 15.5. The van der Waals surface area contributed by atoms with Crippen molar-refractivity contribution in [2.24, 2.45) is 0 Å². The molecule has 3 rings (SSSR count). The van der Waals surface area contributed by atoms with Crippen molar-refractivity contribution in [2.75, 3.05) is 6.61 Å². The summed E-state index contributed by atoms with van der Waals surface area (Å²) in [5.41, 5.74) is -0.481. The maximum absolute atomic E-state index is 12.4. The minimum Gasteiger partial charge on any atom is -0.380 e. The van der Waals surface area contributed by atoms with Gasteiger partial charge in [0.15, 0.2) is 0 Å². The summed E-state index contributed by atoms with van der Waals surface area (Å²) in [4.78, 5) is 12.4. The summed E-state index contributed by atoms with van der Waals surface area (Å²) in [7, 11) is 0. The van der Waals surface area contributed by atoms with E-state index in [9.17, 15) is 9.90 Å². The van der Waals surface area contributed by atoms with Crippen LogP contribution in [0.15, 0.2) is 30.3 Å². The maximum atomic E-state index is 12.4. The van der Waals surface area contributed by atoms with Gasteiger partial charge in [0.1, 0.15) is 11.3 Å². The largest absolute Gasteiger partial charge is 0.380 e. The first-order valence-electron chi connectivity index (χ1n) is 8.35. The normalized spacial score (nSPS) is 22.0. The summed E-state index contributed by atoms with van der Waals surface area (Å²) in [6.07, 6.45) is 6.60. The van der Waals surface area contributed by atoms with E-state index in [0.29, 0.717) is 19.4 Å². The quantitative estimate of drug-likeness (QED) is 0.794. The van der Waals surface area contributed by atoms with Gasteiger partial charge in [0.05, 0.1) is 6.61 Å². The fourth-order valence-corrected chi connectivity index (χ4v) is 3.11. The van der Waals surface area contributed by atoms with Crippen LogP contribution in [-0.4, -0.2) is 28.9 Å². The molecule has 0 saturated heterocycles. The van der Waals surface area contributed by atoms with E-state index in [1.165, 1.54) is 5.56 Å². The number of amides is 1. The first-order chi connectivity index (χ1) is 10.6. The first-order valence-corrected chi connectivity index (χ1v) is 8.35. The highest BCUT2D eigenvalue weighted by Gasteiger charge is 2.49. The van der Waals surface area contributed by atoms with Gasteiger partial charge in [0.25, 0.3) is 5.91 Å². The second-order valence-electron chi connectivity index (χ2n) is 6.62. The number of benzene rings is 1. The molecular weight excluding hydrogens is 278 g/mol. The lowest BCUT2D eigenvalue weighted by molar-refractivity contribution is -0.148. The van der Waals surface area contributed by atoms with Crippen molar-refractivity contribution in [3.05, 3.63) is 35.9 Å². The number of ether oxygens (including phenoxy) is 1. The molecule has 2 aliphatic carbocycles. The molecular formula is C18H25NO3. The molecule has 22 heavy (non-hydrogen) atoms. The minimum atomic E-state index is -1.18. The Bertz CT molecular complexity index is 504. The summed E-state index contributed by atoms with van der Waals surface area (Å²) < 4.78 is 5.91. The van der Waals surface area contributed by atoms with Gasteiger partial charge in [-0.15, -0.1) is 0 Å². The van der Waals surface area contributed by atoms with E-state index < -0.39 is 11.3 Å². The van der Waals surface area contributed by atoms with Crippen molar-refractivity contribution in [2.45, 2.75) is 62.7 Å². The number of hydrogen-bond donors (Lipinski definition) is 2. The van der Waals surface area contributed by atoms with Crippen LogP contribution in [0.25, 0.3) is 0 Å². The van der Waals surface area contributed by atoms with Crippen LogP contribution in [0.3, 0.4) is 0 Å². The van der Waals surface area contributed by atoms with E-state index in [2.05, 4.69) is 17.4 Å². The van der Waals surface area contributed by atoms with Crippen molar-refractivity contribution in [3.63, 3.8) is 0 Å². The van der Waals surface area contributed by atoms with Crippen LogP contribution in [0.2, 0.25) is 0 Å². The zero-order valence-corrected chi connectivity index (χ0v) is 13.0. The van der Waals surface area contributed by atoms with Crippen LogP contribution < -0.4 is 5.32 Å². The third-order valence-electron chi connectivity index (χ3n) is 4.76. The predicted octanol–water partition coefficient (Wildman–Crippen LogP) is 2.55. The lowest BCUT2D eigenvalue weighted by Gasteiger charge is -2.32. The molecule has 2 fully saturated rings. The van der Waals surface area contributed by atoms with Crippen LogP contribution in [0.1, 0.15) is 50.5 Å². The van der Waals surface area contributed by atoms with E-state index in [4.69, 9.17) is 4.74 Å². The van der Waals surface area contributed by atoms with Crippen molar-refractivity contribution in [1.29, 1.82) is 0 Å². The Morgan fingerprint density at radius 3 is 2.41 bits per heavy atom. The molecule has 0 heterocycles. The van der Waals surface area contributed by atoms with Gasteiger partial charge in [-0.1, -0.05) is 49.6 Å². The zero-order chi connectivity index (χ0) is 15.5. The molecule has 0 spiro atoms. The lowest BCUT2D eigenvalue weighted by Crippen LogP contribution is -2.53. The van der Waals surface area contributed by atoms with Crippen LogP contribution in [0.4, 0.5) is 0 Å². The van der Waals surface area contributed by atoms with Crippen molar-refractivity contribution < 1.29 is 14.6 Å². The minimum absolute atomic E-state index is 0.246. The van der Waals surface area contributed by atoms with E-state index in [1.54, 1.807) is 0 Å². The smallest absolute Gasteiger partial charge is 0.254 e.